The fraction of sp³-hybridized carbons (Fsp3) is 0.345. The van der Waals surface area contributed by atoms with Crippen molar-refractivity contribution in [2.75, 3.05) is 44.1 Å². The molecule has 40 heavy (non-hydrogen) atoms. The van der Waals surface area contributed by atoms with Gasteiger partial charge >= 0.3 is 0 Å². The second kappa shape index (κ2) is 11.5. The van der Waals surface area contributed by atoms with E-state index < -0.39 is 10.0 Å². The number of H-pyrrole nitrogens is 1. The zero-order chi connectivity index (χ0) is 28.5. The van der Waals surface area contributed by atoms with E-state index in [4.69, 9.17) is 16.3 Å². The maximum atomic E-state index is 13.3. The number of amides is 1. The van der Waals surface area contributed by atoms with Gasteiger partial charge in [-0.25, -0.2) is 8.42 Å². The van der Waals surface area contributed by atoms with E-state index >= 15 is 0 Å². The van der Waals surface area contributed by atoms with Crippen LogP contribution in [0.5, 0.6) is 0 Å². The molecule has 0 unspecified atom stereocenters. The number of sulfonamides is 1. The van der Waals surface area contributed by atoms with Crippen LogP contribution in [0.25, 0.3) is 21.3 Å². The Labute approximate surface area is 243 Å². The summed E-state index contributed by atoms with van der Waals surface area (Å²) in [6.07, 6.45) is 0. The third kappa shape index (κ3) is 6.37. The number of fused-ring (bicyclic) bond motifs is 1. The van der Waals surface area contributed by atoms with Crippen molar-refractivity contribution >= 4 is 55.5 Å². The van der Waals surface area contributed by atoms with Crippen LogP contribution >= 0.6 is 22.9 Å². The van der Waals surface area contributed by atoms with E-state index in [0.29, 0.717) is 41.0 Å². The van der Waals surface area contributed by atoms with Gasteiger partial charge in [0.15, 0.2) is 0 Å². The first-order chi connectivity index (χ1) is 19.0. The molecule has 212 valence electrons. The van der Waals surface area contributed by atoms with Crippen molar-refractivity contribution in [1.29, 1.82) is 0 Å². The monoisotopic (exact) mass is 600 g/mol. The molecule has 2 aromatic heterocycles. The van der Waals surface area contributed by atoms with Gasteiger partial charge in [0.05, 0.1) is 22.4 Å². The van der Waals surface area contributed by atoms with Crippen LogP contribution in [0.2, 0.25) is 4.34 Å². The van der Waals surface area contributed by atoms with Gasteiger partial charge < -0.3 is 15.0 Å². The minimum absolute atomic E-state index is 0.0807. The number of nitrogens with zero attached hydrogens (tertiary/aromatic N) is 1. The number of nitrogens with one attached hydrogen (secondary N) is 3. The molecule has 8 nitrogen and oxygen atoms in total. The molecule has 0 radical (unpaired) electrons. The van der Waals surface area contributed by atoms with Crippen LogP contribution in [0.15, 0.2) is 59.5 Å². The highest BCUT2D eigenvalue weighted by Crippen LogP contribution is 2.39. The minimum Gasteiger partial charge on any atom is -0.379 e. The average molecular weight is 601 g/mol. The Kier molecular flexibility index (Phi) is 8.26. The maximum absolute atomic E-state index is 13.3. The first-order valence-corrected chi connectivity index (χ1v) is 15.8. The second-order valence-electron chi connectivity index (χ2n) is 10.8. The molecule has 2 aromatic carbocycles. The molecule has 1 saturated heterocycles. The highest BCUT2D eigenvalue weighted by molar-refractivity contribution is 7.92. The Balaban J connectivity index is 1.42. The van der Waals surface area contributed by atoms with Gasteiger partial charge in [0.25, 0.3) is 15.9 Å². The molecule has 3 heterocycles. The molecule has 3 N–H and O–H groups in total. The number of aromatic amines is 1. The normalized spacial score (nSPS) is 14.9. The van der Waals surface area contributed by atoms with Crippen molar-refractivity contribution in [2.45, 2.75) is 31.1 Å². The van der Waals surface area contributed by atoms with E-state index in [9.17, 15) is 13.2 Å². The summed E-state index contributed by atoms with van der Waals surface area (Å²) in [4.78, 5) is 19.8. The molecule has 0 spiro atoms. The predicted octanol–water partition coefficient (Wildman–Crippen LogP) is 5.71. The Morgan fingerprint density at radius 3 is 2.45 bits per heavy atom. The lowest BCUT2D eigenvalue weighted by molar-refractivity contribution is 0.0383. The Bertz CT molecular complexity index is 1620. The summed E-state index contributed by atoms with van der Waals surface area (Å²) in [6, 6.07) is 15.8. The van der Waals surface area contributed by atoms with Crippen LogP contribution in [-0.2, 0) is 20.2 Å². The van der Waals surface area contributed by atoms with Crippen molar-refractivity contribution in [3.05, 3.63) is 70.2 Å². The number of rotatable bonds is 8. The van der Waals surface area contributed by atoms with Gasteiger partial charge in [0.1, 0.15) is 5.69 Å². The molecule has 1 aliphatic heterocycles. The first-order valence-electron chi connectivity index (χ1n) is 13.1. The van der Waals surface area contributed by atoms with E-state index in [1.54, 1.807) is 36.4 Å². The lowest BCUT2D eigenvalue weighted by atomic mass is 9.87. The molecule has 0 aliphatic carbocycles. The topological polar surface area (TPSA) is 104 Å². The zero-order valence-corrected chi connectivity index (χ0v) is 25.1. The van der Waals surface area contributed by atoms with Gasteiger partial charge in [0.2, 0.25) is 0 Å². The molecule has 11 heteroatoms. The number of hydrogen-bond acceptors (Lipinski definition) is 6. The Morgan fingerprint density at radius 1 is 1.07 bits per heavy atom. The first kappa shape index (κ1) is 28.6. The van der Waals surface area contributed by atoms with Crippen molar-refractivity contribution in [3.8, 4) is 10.4 Å². The van der Waals surface area contributed by atoms with Crippen molar-refractivity contribution in [1.82, 2.24) is 15.2 Å². The zero-order valence-electron chi connectivity index (χ0n) is 22.7. The van der Waals surface area contributed by atoms with E-state index in [2.05, 4.69) is 40.7 Å². The summed E-state index contributed by atoms with van der Waals surface area (Å²) < 4.78 is 35.1. The summed E-state index contributed by atoms with van der Waals surface area (Å²) in [5.41, 5.74) is 3.18. The average Bonchev–Trinajstić information content (AvgIpc) is 3.51. The van der Waals surface area contributed by atoms with E-state index in [-0.39, 0.29) is 16.2 Å². The quantitative estimate of drug-likeness (QED) is 0.240. The molecule has 5 rings (SSSR count). The molecule has 1 amide bonds. The highest BCUT2D eigenvalue weighted by atomic mass is 35.5. The number of carbonyl (C=O) groups is 1. The number of anilines is 1. The van der Waals surface area contributed by atoms with Crippen LogP contribution < -0.4 is 10.0 Å². The maximum Gasteiger partial charge on any atom is 0.268 e. The third-order valence-electron chi connectivity index (χ3n) is 6.95. The number of aromatic nitrogens is 1. The van der Waals surface area contributed by atoms with Gasteiger partial charge in [-0.2, -0.15) is 0 Å². The molecule has 1 fully saturated rings. The van der Waals surface area contributed by atoms with Crippen molar-refractivity contribution in [2.24, 2.45) is 0 Å². The number of ether oxygens (including phenoxy) is 1. The molecule has 0 saturated carbocycles. The van der Waals surface area contributed by atoms with Gasteiger partial charge in [-0.1, -0.05) is 44.5 Å². The number of halogens is 1. The Morgan fingerprint density at radius 2 is 1.80 bits per heavy atom. The SMILES string of the molecule is CC(C)(C)c1ccc(S(=O)(=O)Nc2ccc3[nH]c(C(=O)NCCN4CCOCC4)c(-c4ccc(Cl)s4)c3c2)cc1. The number of thiophene rings is 1. The lowest BCUT2D eigenvalue weighted by Crippen LogP contribution is -2.41. The minimum atomic E-state index is -3.82. The number of hydrogen-bond donors (Lipinski definition) is 3. The van der Waals surface area contributed by atoms with Crippen LogP contribution in [0.3, 0.4) is 0 Å². The second-order valence-corrected chi connectivity index (χ2v) is 14.2. The van der Waals surface area contributed by atoms with Crippen LogP contribution in [0.4, 0.5) is 5.69 Å². The summed E-state index contributed by atoms with van der Waals surface area (Å²) in [5, 5.41) is 3.74. The smallest absolute Gasteiger partial charge is 0.268 e. The molecular formula is C29H33ClN4O4S2. The van der Waals surface area contributed by atoms with Gasteiger partial charge in [0, 0.05) is 53.2 Å². The molecule has 0 bridgehead atoms. The highest BCUT2D eigenvalue weighted by Gasteiger charge is 2.23. The number of morpholine rings is 1. The molecule has 4 aromatic rings. The van der Waals surface area contributed by atoms with E-state index in [1.165, 1.54) is 11.3 Å². The molecule has 0 atom stereocenters. The predicted molar refractivity (Wildman–Crippen MR) is 162 cm³/mol. The largest absolute Gasteiger partial charge is 0.379 e. The summed E-state index contributed by atoms with van der Waals surface area (Å²) in [6.45, 7) is 10.6. The van der Waals surface area contributed by atoms with E-state index in [0.717, 1.165) is 41.0 Å². The van der Waals surface area contributed by atoms with Crippen LogP contribution in [0, 0.1) is 0 Å². The third-order valence-corrected chi connectivity index (χ3v) is 9.59. The number of carbonyl (C=O) groups excluding carboxylic acids is 1. The summed E-state index contributed by atoms with van der Waals surface area (Å²) >= 11 is 7.62. The summed E-state index contributed by atoms with van der Waals surface area (Å²) in [7, 11) is -3.82. The van der Waals surface area contributed by atoms with Crippen molar-refractivity contribution < 1.29 is 17.9 Å². The van der Waals surface area contributed by atoms with Crippen LogP contribution in [0.1, 0.15) is 36.8 Å². The Hall–Kier alpha value is -2.89. The van der Waals surface area contributed by atoms with Gasteiger partial charge in [-0.3, -0.25) is 14.4 Å². The van der Waals surface area contributed by atoms with E-state index in [1.807, 2.05) is 18.2 Å². The lowest BCUT2D eigenvalue weighted by Gasteiger charge is -2.26. The van der Waals surface area contributed by atoms with Crippen LogP contribution in [-0.4, -0.2) is 63.6 Å². The number of benzene rings is 2. The standard InChI is InChI=1S/C29H33ClN4O4S2/c1-29(2,3)19-4-7-21(8-5-19)40(36,37)33-20-6-9-23-22(18-20)26(24-10-11-25(30)39-24)27(32-23)28(35)31-12-13-34-14-16-38-17-15-34/h4-11,18,32-33H,12-17H2,1-3H3,(H,31,35). The molecule has 1 aliphatic rings. The molecular weight excluding hydrogens is 568 g/mol. The summed E-state index contributed by atoms with van der Waals surface area (Å²) in [5.74, 6) is -0.231. The fourth-order valence-corrected chi connectivity index (χ4v) is 6.88. The van der Waals surface area contributed by atoms with Crippen molar-refractivity contribution in [3.63, 3.8) is 0 Å². The van der Waals surface area contributed by atoms with Gasteiger partial charge in [-0.05, 0) is 53.4 Å². The van der Waals surface area contributed by atoms with Gasteiger partial charge in [-0.15, -0.1) is 11.3 Å². The fourth-order valence-electron chi connectivity index (χ4n) is 4.72.